The fourth-order valence-electron chi connectivity index (χ4n) is 3.11. The van der Waals surface area contributed by atoms with Crippen LogP contribution in [0.5, 0.6) is 0 Å². The zero-order valence-corrected chi connectivity index (χ0v) is 15.3. The summed E-state index contributed by atoms with van der Waals surface area (Å²) in [5.74, 6) is -0.176. The Morgan fingerprint density at radius 2 is 1.67 bits per heavy atom. The number of hydrogen-bond donors (Lipinski definition) is 1. The van der Waals surface area contributed by atoms with Crippen molar-refractivity contribution in [3.05, 3.63) is 89.7 Å². The first kappa shape index (κ1) is 17.0. The molecule has 0 bridgehead atoms. The smallest absolute Gasteiger partial charge is 0.270 e. The lowest BCUT2D eigenvalue weighted by Crippen LogP contribution is -2.28. The lowest BCUT2D eigenvalue weighted by Gasteiger charge is -2.15. The number of nitrogens with zero attached hydrogens (tertiary/aromatic N) is 3. The molecule has 1 N–H and O–H groups in total. The van der Waals surface area contributed by atoms with E-state index in [1.807, 2.05) is 80.6 Å². The average Bonchev–Trinajstić information content (AvgIpc) is 3.12. The predicted octanol–water partition coefficient (Wildman–Crippen LogP) is 4.20. The van der Waals surface area contributed by atoms with E-state index in [1.165, 1.54) is 0 Å². The van der Waals surface area contributed by atoms with Gasteiger partial charge in [0.05, 0.1) is 11.7 Å². The molecule has 0 fully saturated rings. The number of nitrogens with one attached hydrogen (secondary N) is 1. The van der Waals surface area contributed by atoms with Gasteiger partial charge in [-0.1, -0.05) is 60.7 Å². The largest absolute Gasteiger partial charge is 0.344 e. The molecule has 0 aliphatic carbocycles. The van der Waals surface area contributed by atoms with E-state index in [4.69, 9.17) is 0 Å². The molecule has 0 spiro atoms. The van der Waals surface area contributed by atoms with Crippen molar-refractivity contribution < 1.29 is 4.79 Å². The van der Waals surface area contributed by atoms with Crippen LogP contribution in [-0.4, -0.2) is 20.5 Å². The van der Waals surface area contributed by atoms with Crippen LogP contribution < -0.4 is 5.32 Å². The molecule has 5 heteroatoms. The van der Waals surface area contributed by atoms with Crippen molar-refractivity contribution in [2.75, 3.05) is 0 Å². The van der Waals surface area contributed by atoms with E-state index in [0.717, 1.165) is 22.5 Å². The maximum atomic E-state index is 12.9. The van der Waals surface area contributed by atoms with Crippen molar-refractivity contribution in [3.63, 3.8) is 0 Å². The number of carbonyl (C=O) groups is 1. The molecule has 0 saturated heterocycles. The number of amides is 1. The first-order chi connectivity index (χ1) is 13.1. The molecule has 5 nitrogen and oxygen atoms in total. The second kappa shape index (κ2) is 7.03. The molecule has 1 atom stereocenters. The lowest BCUT2D eigenvalue weighted by molar-refractivity contribution is 0.0932. The SMILES string of the molecule is Cc1cc(C(=O)NC(C)c2ccccc2)n2nc(-c3ccccc3)cc2n1. The summed E-state index contributed by atoms with van der Waals surface area (Å²) in [7, 11) is 0. The Morgan fingerprint density at radius 3 is 2.37 bits per heavy atom. The number of benzene rings is 2. The van der Waals surface area contributed by atoms with Gasteiger partial charge in [0.25, 0.3) is 5.91 Å². The summed E-state index contributed by atoms with van der Waals surface area (Å²) in [5.41, 5.74) is 4.75. The highest BCUT2D eigenvalue weighted by atomic mass is 16.2. The molecule has 27 heavy (non-hydrogen) atoms. The number of hydrogen-bond acceptors (Lipinski definition) is 3. The number of aryl methyl sites for hydroxylation is 1. The summed E-state index contributed by atoms with van der Waals surface area (Å²) >= 11 is 0. The molecule has 0 radical (unpaired) electrons. The van der Waals surface area contributed by atoms with Crippen LogP contribution >= 0.6 is 0 Å². The third kappa shape index (κ3) is 3.44. The summed E-state index contributed by atoms with van der Waals surface area (Å²) in [5, 5.41) is 7.67. The van der Waals surface area contributed by atoms with Crippen molar-refractivity contribution in [3.8, 4) is 11.3 Å². The highest BCUT2D eigenvalue weighted by Crippen LogP contribution is 2.20. The minimum atomic E-state index is -0.176. The quantitative estimate of drug-likeness (QED) is 0.596. The topological polar surface area (TPSA) is 59.3 Å². The highest BCUT2D eigenvalue weighted by molar-refractivity contribution is 5.93. The fraction of sp³-hybridized carbons (Fsp3) is 0.136. The predicted molar refractivity (Wildman–Crippen MR) is 105 cm³/mol. The van der Waals surface area contributed by atoms with Crippen molar-refractivity contribution in [1.29, 1.82) is 0 Å². The molecule has 134 valence electrons. The zero-order chi connectivity index (χ0) is 18.8. The normalized spacial score (nSPS) is 12.1. The van der Waals surface area contributed by atoms with E-state index in [-0.39, 0.29) is 11.9 Å². The monoisotopic (exact) mass is 356 g/mol. The van der Waals surface area contributed by atoms with Crippen LogP contribution in [-0.2, 0) is 0 Å². The zero-order valence-electron chi connectivity index (χ0n) is 15.3. The molecule has 0 aliphatic rings. The van der Waals surface area contributed by atoms with E-state index in [9.17, 15) is 4.79 Å². The molecule has 4 aromatic rings. The molecule has 2 heterocycles. The average molecular weight is 356 g/mol. The van der Waals surface area contributed by atoms with E-state index in [1.54, 1.807) is 10.6 Å². The lowest BCUT2D eigenvalue weighted by atomic mass is 10.1. The highest BCUT2D eigenvalue weighted by Gasteiger charge is 2.17. The van der Waals surface area contributed by atoms with Gasteiger partial charge in [0.15, 0.2) is 5.65 Å². The van der Waals surface area contributed by atoms with Gasteiger partial charge >= 0.3 is 0 Å². The summed E-state index contributed by atoms with van der Waals surface area (Å²) in [6.45, 7) is 3.85. The van der Waals surface area contributed by atoms with Gasteiger partial charge in [0.2, 0.25) is 0 Å². The van der Waals surface area contributed by atoms with Gasteiger partial charge in [-0.2, -0.15) is 5.10 Å². The van der Waals surface area contributed by atoms with E-state index in [2.05, 4.69) is 15.4 Å². The summed E-state index contributed by atoms with van der Waals surface area (Å²) in [6, 6.07) is 23.3. The van der Waals surface area contributed by atoms with E-state index in [0.29, 0.717) is 11.3 Å². The Bertz CT molecular complexity index is 1090. The van der Waals surface area contributed by atoms with Crippen molar-refractivity contribution in [1.82, 2.24) is 19.9 Å². The van der Waals surface area contributed by atoms with Crippen molar-refractivity contribution >= 4 is 11.6 Å². The molecule has 0 aliphatic heterocycles. The summed E-state index contributed by atoms with van der Waals surface area (Å²) < 4.78 is 1.61. The Labute approximate surface area is 157 Å². The molecule has 1 amide bonds. The Morgan fingerprint density at radius 1 is 1.00 bits per heavy atom. The van der Waals surface area contributed by atoms with Crippen LogP contribution in [0.1, 0.15) is 34.7 Å². The van der Waals surface area contributed by atoms with Gasteiger partial charge in [-0.05, 0) is 25.5 Å². The Kier molecular flexibility index (Phi) is 4.42. The van der Waals surface area contributed by atoms with E-state index >= 15 is 0 Å². The van der Waals surface area contributed by atoms with Crippen LogP contribution in [0.2, 0.25) is 0 Å². The minimum absolute atomic E-state index is 0.105. The first-order valence-electron chi connectivity index (χ1n) is 8.90. The number of carbonyl (C=O) groups excluding carboxylic acids is 1. The first-order valence-corrected chi connectivity index (χ1v) is 8.90. The van der Waals surface area contributed by atoms with Crippen LogP contribution in [0.25, 0.3) is 16.9 Å². The number of aromatic nitrogens is 3. The molecule has 0 saturated carbocycles. The van der Waals surface area contributed by atoms with Crippen molar-refractivity contribution in [2.24, 2.45) is 0 Å². The molecular weight excluding hydrogens is 336 g/mol. The van der Waals surface area contributed by atoms with Crippen LogP contribution in [0.3, 0.4) is 0 Å². The van der Waals surface area contributed by atoms with E-state index < -0.39 is 0 Å². The summed E-state index contributed by atoms with van der Waals surface area (Å²) in [6.07, 6.45) is 0. The van der Waals surface area contributed by atoms with Crippen LogP contribution in [0.4, 0.5) is 0 Å². The van der Waals surface area contributed by atoms with Gasteiger partial charge in [0, 0.05) is 17.3 Å². The molecule has 4 rings (SSSR count). The van der Waals surface area contributed by atoms with Gasteiger partial charge in [-0.3, -0.25) is 4.79 Å². The maximum absolute atomic E-state index is 12.9. The Hall–Kier alpha value is -3.47. The fourth-order valence-corrected chi connectivity index (χ4v) is 3.11. The third-order valence-corrected chi connectivity index (χ3v) is 4.50. The molecule has 1 unspecified atom stereocenters. The van der Waals surface area contributed by atoms with Crippen molar-refractivity contribution in [2.45, 2.75) is 19.9 Å². The number of rotatable bonds is 4. The van der Waals surface area contributed by atoms with Gasteiger partial charge in [-0.15, -0.1) is 0 Å². The standard InChI is InChI=1S/C22H20N4O/c1-15-13-20(22(27)24-16(2)17-9-5-3-6-10-17)26-21(23-15)14-19(25-26)18-11-7-4-8-12-18/h3-14,16H,1-2H3,(H,24,27). The molecule has 2 aromatic carbocycles. The van der Waals surface area contributed by atoms with Gasteiger partial charge in [0.1, 0.15) is 5.69 Å². The number of fused-ring (bicyclic) bond motifs is 1. The minimum Gasteiger partial charge on any atom is -0.344 e. The molecular formula is C22H20N4O. The summed E-state index contributed by atoms with van der Waals surface area (Å²) in [4.78, 5) is 17.5. The second-order valence-corrected chi connectivity index (χ2v) is 6.55. The molecule has 2 aromatic heterocycles. The second-order valence-electron chi connectivity index (χ2n) is 6.55. The van der Waals surface area contributed by atoms with Crippen LogP contribution in [0, 0.1) is 6.92 Å². The maximum Gasteiger partial charge on any atom is 0.270 e. The third-order valence-electron chi connectivity index (χ3n) is 4.50. The van der Waals surface area contributed by atoms with Gasteiger partial charge < -0.3 is 5.32 Å². The van der Waals surface area contributed by atoms with Gasteiger partial charge in [-0.25, -0.2) is 9.50 Å². The van der Waals surface area contributed by atoms with Crippen LogP contribution in [0.15, 0.2) is 72.8 Å². The Balaban J connectivity index is 1.70.